The number of carbonyl (C=O) groups is 1. The summed E-state index contributed by atoms with van der Waals surface area (Å²) in [6, 6.07) is 8.27. The molecule has 0 N–H and O–H groups in total. The number of nitrogens with zero attached hydrogens (tertiary/aromatic N) is 2. The maximum absolute atomic E-state index is 13.3. The van der Waals surface area contributed by atoms with E-state index in [2.05, 4.69) is 21.9 Å². The Morgan fingerprint density at radius 3 is 2.00 bits per heavy atom. The number of amides is 1. The number of ether oxygens (including phenoxy) is 1. The molecule has 5 aliphatic rings. The van der Waals surface area contributed by atoms with Crippen molar-refractivity contribution in [2.45, 2.75) is 32.1 Å². The Kier molecular flexibility index (Phi) is 4.10. The van der Waals surface area contributed by atoms with Crippen LogP contribution in [0.5, 0.6) is 5.75 Å². The van der Waals surface area contributed by atoms with E-state index in [9.17, 15) is 4.79 Å². The molecule has 4 bridgehead atoms. The average Bonchev–Trinajstić information content (AvgIpc) is 2.67. The van der Waals surface area contributed by atoms with Gasteiger partial charge < -0.3 is 14.5 Å². The molecule has 0 radical (unpaired) electrons. The van der Waals surface area contributed by atoms with E-state index in [0.29, 0.717) is 23.7 Å². The molecule has 6 rings (SSSR count). The lowest BCUT2D eigenvalue weighted by atomic mass is 9.51. The normalized spacial score (nSPS) is 35.7. The third kappa shape index (κ3) is 2.78. The molecule has 1 aromatic carbocycles. The molecule has 4 aliphatic carbocycles. The molecule has 4 saturated carbocycles. The minimum Gasteiger partial charge on any atom is -0.497 e. The van der Waals surface area contributed by atoms with E-state index in [-0.39, 0.29) is 0 Å². The zero-order valence-corrected chi connectivity index (χ0v) is 15.8. The Labute approximate surface area is 156 Å². The molecule has 1 aromatic rings. The van der Waals surface area contributed by atoms with Gasteiger partial charge in [0.1, 0.15) is 5.75 Å². The number of anilines is 1. The summed E-state index contributed by atoms with van der Waals surface area (Å²) in [6.45, 7) is 3.61. The van der Waals surface area contributed by atoms with E-state index in [1.165, 1.54) is 37.8 Å². The van der Waals surface area contributed by atoms with Crippen molar-refractivity contribution in [1.82, 2.24) is 4.90 Å². The molecule has 4 heteroatoms. The Balaban J connectivity index is 1.22. The summed E-state index contributed by atoms with van der Waals surface area (Å²) in [4.78, 5) is 17.9. The maximum atomic E-state index is 13.3. The van der Waals surface area contributed by atoms with Crippen LogP contribution in [0.25, 0.3) is 0 Å². The Hall–Kier alpha value is -1.71. The van der Waals surface area contributed by atoms with Crippen molar-refractivity contribution in [2.24, 2.45) is 29.6 Å². The maximum Gasteiger partial charge on any atom is 0.226 e. The average molecular weight is 354 g/mol. The van der Waals surface area contributed by atoms with Gasteiger partial charge in [-0.2, -0.15) is 0 Å². The number of carbonyl (C=O) groups excluding carboxylic acids is 1. The van der Waals surface area contributed by atoms with Crippen LogP contribution in [0.2, 0.25) is 0 Å². The standard InChI is InChI=1S/C22H30N2O2/c1-26-20-4-2-19(3-5-20)23-6-8-24(9-7-23)22(25)21-17-11-15-10-16(13-17)14-18(21)12-15/h2-5,15-18,21H,6-14H2,1H3. The zero-order valence-electron chi connectivity index (χ0n) is 15.8. The topological polar surface area (TPSA) is 32.8 Å². The van der Waals surface area contributed by atoms with Gasteiger partial charge in [-0.05, 0) is 80.0 Å². The van der Waals surface area contributed by atoms with E-state index in [4.69, 9.17) is 4.74 Å². The first kappa shape index (κ1) is 16.5. The van der Waals surface area contributed by atoms with Crippen molar-refractivity contribution in [3.8, 4) is 5.75 Å². The fraction of sp³-hybridized carbons (Fsp3) is 0.682. The fourth-order valence-corrected chi connectivity index (χ4v) is 6.52. The molecule has 0 spiro atoms. The van der Waals surface area contributed by atoms with Crippen LogP contribution in [-0.4, -0.2) is 44.1 Å². The van der Waals surface area contributed by atoms with Crippen LogP contribution in [0.1, 0.15) is 32.1 Å². The van der Waals surface area contributed by atoms with Gasteiger partial charge in [0.15, 0.2) is 0 Å². The smallest absolute Gasteiger partial charge is 0.226 e. The lowest BCUT2D eigenvalue weighted by Crippen LogP contribution is -2.56. The number of piperazine rings is 1. The highest BCUT2D eigenvalue weighted by Gasteiger charge is 2.51. The summed E-state index contributed by atoms with van der Waals surface area (Å²) < 4.78 is 5.25. The summed E-state index contributed by atoms with van der Waals surface area (Å²) in [5, 5.41) is 0. The molecular formula is C22H30N2O2. The SMILES string of the molecule is COc1ccc(N2CCN(C(=O)C3C4CC5CC(C4)CC3C5)CC2)cc1. The van der Waals surface area contributed by atoms with Gasteiger partial charge in [-0.1, -0.05) is 0 Å². The van der Waals surface area contributed by atoms with Crippen molar-refractivity contribution in [3.05, 3.63) is 24.3 Å². The van der Waals surface area contributed by atoms with Gasteiger partial charge in [0.05, 0.1) is 7.11 Å². The van der Waals surface area contributed by atoms with Gasteiger partial charge >= 0.3 is 0 Å². The second-order valence-corrected chi connectivity index (χ2v) is 8.97. The lowest BCUT2D eigenvalue weighted by Gasteiger charge is -2.54. The highest BCUT2D eigenvalue weighted by Crippen LogP contribution is 2.56. The quantitative estimate of drug-likeness (QED) is 0.834. The molecule has 5 fully saturated rings. The molecule has 1 amide bonds. The molecule has 0 atom stereocenters. The highest BCUT2D eigenvalue weighted by atomic mass is 16.5. The molecule has 26 heavy (non-hydrogen) atoms. The van der Waals surface area contributed by atoms with Gasteiger partial charge in [-0.25, -0.2) is 0 Å². The van der Waals surface area contributed by atoms with Crippen molar-refractivity contribution < 1.29 is 9.53 Å². The third-order valence-electron chi connectivity index (χ3n) is 7.54. The van der Waals surface area contributed by atoms with Crippen LogP contribution in [0.15, 0.2) is 24.3 Å². The molecule has 4 nitrogen and oxygen atoms in total. The minimum atomic E-state index is 0.343. The number of rotatable bonds is 3. The number of benzene rings is 1. The number of hydrogen-bond acceptors (Lipinski definition) is 3. The first-order valence-corrected chi connectivity index (χ1v) is 10.4. The van der Waals surface area contributed by atoms with Crippen LogP contribution in [0, 0.1) is 29.6 Å². The summed E-state index contributed by atoms with van der Waals surface area (Å²) in [5.74, 6) is 4.98. The second kappa shape index (κ2) is 6.47. The summed E-state index contributed by atoms with van der Waals surface area (Å²) in [6.07, 6.45) is 6.77. The third-order valence-corrected chi connectivity index (χ3v) is 7.54. The molecule has 1 heterocycles. The lowest BCUT2D eigenvalue weighted by molar-refractivity contribution is -0.149. The van der Waals surface area contributed by atoms with E-state index in [0.717, 1.165) is 43.8 Å². The molecule has 1 aliphatic heterocycles. The van der Waals surface area contributed by atoms with Crippen LogP contribution >= 0.6 is 0 Å². The van der Waals surface area contributed by atoms with Crippen molar-refractivity contribution >= 4 is 11.6 Å². The monoisotopic (exact) mass is 354 g/mol. The fourth-order valence-electron chi connectivity index (χ4n) is 6.52. The molecule has 0 unspecified atom stereocenters. The van der Waals surface area contributed by atoms with Crippen LogP contribution in [0.4, 0.5) is 5.69 Å². The van der Waals surface area contributed by atoms with Gasteiger partial charge in [0, 0.05) is 37.8 Å². The predicted molar refractivity (Wildman–Crippen MR) is 102 cm³/mol. The number of hydrogen-bond donors (Lipinski definition) is 0. The largest absolute Gasteiger partial charge is 0.497 e. The Morgan fingerprint density at radius 2 is 1.46 bits per heavy atom. The van der Waals surface area contributed by atoms with Gasteiger partial charge in [0.2, 0.25) is 5.91 Å². The van der Waals surface area contributed by atoms with Crippen LogP contribution in [0.3, 0.4) is 0 Å². The Morgan fingerprint density at radius 1 is 0.885 bits per heavy atom. The summed E-state index contributed by atoms with van der Waals surface area (Å²) in [5.41, 5.74) is 1.23. The van der Waals surface area contributed by atoms with E-state index in [1.807, 2.05) is 12.1 Å². The molecular weight excluding hydrogens is 324 g/mol. The number of methoxy groups -OCH3 is 1. The minimum absolute atomic E-state index is 0.343. The second-order valence-electron chi connectivity index (χ2n) is 8.97. The predicted octanol–water partition coefficient (Wildman–Crippen LogP) is 3.42. The summed E-state index contributed by atoms with van der Waals surface area (Å²) in [7, 11) is 1.70. The highest BCUT2D eigenvalue weighted by molar-refractivity contribution is 5.80. The molecule has 0 aromatic heterocycles. The van der Waals surface area contributed by atoms with E-state index >= 15 is 0 Å². The van der Waals surface area contributed by atoms with Crippen molar-refractivity contribution in [1.29, 1.82) is 0 Å². The van der Waals surface area contributed by atoms with Crippen molar-refractivity contribution in [2.75, 3.05) is 38.2 Å². The van der Waals surface area contributed by atoms with E-state index < -0.39 is 0 Å². The summed E-state index contributed by atoms with van der Waals surface area (Å²) >= 11 is 0. The molecule has 1 saturated heterocycles. The van der Waals surface area contributed by atoms with Gasteiger partial charge in [0.25, 0.3) is 0 Å². The first-order valence-electron chi connectivity index (χ1n) is 10.4. The first-order chi connectivity index (χ1) is 12.7. The molecule has 140 valence electrons. The van der Waals surface area contributed by atoms with Gasteiger partial charge in [-0.15, -0.1) is 0 Å². The van der Waals surface area contributed by atoms with Crippen molar-refractivity contribution in [3.63, 3.8) is 0 Å². The Bertz CT molecular complexity index is 635. The van der Waals surface area contributed by atoms with Crippen LogP contribution in [-0.2, 0) is 4.79 Å². The van der Waals surface area contributed by atoms with E-state index in [1.54, 1.807) is 7.11 Å². The van der Waals surface area contributed by atoms with Crippen LogP contribution < -0.4 is 9.64 Å². The zero-order chi connectivity index (χ0) is 17.7. The van der Waals surface area contributed by atoms with Gasteiger partial charge in [-0.3, -0.25) is 4.79 Å².